The van der Waals surface area contributed by atoms with Crippen molar-refractivity contribution in [2.75, 3.05) is 6.54 Å². The van der Waals surface area contributed by atoms with Gasteiger partial charge < -0.3 is 11.1 Å². The number of nitrogens with one attached hydrogen (secondary N) is 1. The highest BCUT2D eigenvalue weighted by molar-refractivity contribution is 9.10. The van der Waals surface area contributed by atoms with Crippen molar-refractivity contribution in [3.8, 4) is 0 Å². The summed E-state index contributed by atoms with van der Waals surface area (Å²) in [5.41, 5.74) is 5.37. The van der Waals surface area contributed by atoms with Gasteiger partial charge in [-0.25, -0.2) is 4.39 Å². The van der Waals surface area contributed by atoms with Crippen LogP contribution in [0.15, 0.2) is 22.7 Å². The fourth-order valence-corrected chi connectivity index (χ4v) is 1.59. The fourth-order valence-electron chi connectivity index (χ4n) is 1.07. The molecule has 0 aromatic heterocycles. The molecule has 6 heteroatoms. The van der Waals surface area contributed by atoms with E-state index in [4.69, 9.17) is 5.73 Å². The molecule has 90 valence electrons. The maximum absolute atomic E-state index is 13.3. The van der Waals surface area contributed by atoms with Crippen molar-refractivity contribution in [1.29, 1.82) is 0 Å². The van der Waals surface area contributed by atoms with Gasteiger partial charge in [-0.2, -0.15) is 0 Å². The van der Waals surface area contributed by atoms with Gasteiger partial charge in [0, 0.05) is 17.1 Å². The van der Waals surface area contributed by atoms with E-state index < -0.39 is 11.7 Å². The Balaban J connectivity index is 0.00000225. The first-order valence-electron chi connectivity index (χ1n) is 4.51. The topological polar surface area (TPSA) is 55.1 Å². The molecule has 1 rings (SSSR count). The van der Waals surface area contributed by atoms with Crippen molar-refractivity contribution >= 4 is 34.2 Å². The maximum atomic E-state index is 13.3. The molecule has 0 aliphatic carbocycles. The van der Waals surface area contributed by atoms with E-state index in [9.17, 15) is 9.18 Å². The number of carbonyl (C=O) groups is 1. The molecular formula is C10H13BrClFN2O. The Labute approximate surface area is 108 Å². The van der Waals surface area contributed by atoms with Crippen LogP contribution < -0.4 is 11.1 Å². The number of halogens is 3. The molecular weight excluding hydrogens is 298 g/mol. The van der Waals surface area contributed by atoms with Crippen molar-refractivity contribution in [3.63, 3.8) is 0 Å². The average Bonchev–Trinajstić information content (AvgIpc) is 2.17. The molecule has 1 atom stereocenters. The van der Waals surface area contributed by atoms with Crippen LogP contribution in [0.4, 0.5) is 4.39 Å². The van der Waals surface area contributed by atoms with Gasteiger partial charge in [0.05, 0.1) is 5.56 Å². The van der Waals surface area contributed by atoms with E-state index in [1.807, 2.05) is 0 Å². The van der Waals surface area contributed by atoms with Crippen molar-refractivity contribution < 1.29 is 9.18 Å². The summed E-state index contributed by atoms with van der Waals surface area (Å²) in [6.45, 7) is 2.07. The molecule has 0 fully saturated rings. The number of rotatable bonds is 3. The number of carbonyl (C=O) groups excluding carboxylic acids is 1. The predicted molar refractivity (Wildman–Crippen MR) is 67.3 cm³/mol. The third-order valence-electron chi connectivity index (χ3n) is 1.92. The first-order valence-corrected chi connectivity index (χ1v) is 5.30. The zero-order chi connectivity index (χ0) is 11.4. The van der Waals surface area contributed by atoms with Gasteiger partial charge >= 0.3 is 0 Å². The van der Waals surface area contributed by atoms with Gasteiger partial charge in [0.2, 0.25) is 0 Å². The summed E-state index contributed by atoms with van der Waals surface area (Å²) in [5.74, 6) is -1.01. The van der Waals surface area contributed by atoms with E-state index in [-0.39, 0.29) is 24.0 Å². The van der Waals surface area contributed by atoms with E-state index in [1.54, 1.807) is 13.0 Å². The van der Waals surface area contributed by atoms with Gasteiger partial charge in [-0.15, -0.1) is 12.4 Å². The van der Waals surface area contributed by atoms with Gasteiger partial charge in [0.15, 0.2) is 0 Å². The largest absolute Gasteiger partial charge is 0.348 e. The van der Waals surface area contributed by atoms with E-state index in [1.165, 1.54) is 12.1 Å². The third-order valence-corrected chi connectivity index (χ3v) is 2.58. The van der Waals surface area contributed by atoms with Crippen LogP contribution in [0.25, 0.3) is 0 Å². The Morgan fingerprint density at radius 3 is 2.75 bits per heavy atom. The van der Waals surface area contributed by atoms with Crippen LogP contribution in [-0.4, -0.2) is 18.5 Å². The van der Waals surface area contributed by atoms with Crippen LogP contribution in [-0.2, 0) is 0 Å². The lowest BCUT2D eigenvalue weighted by atomic mass is 10.2. The first kappa shape index (κ1) is 15.3. The van der Waals surface area contributed by atoms with Crippen molar-refractivity contribution in [1.82, 2.24) is 5.32 Å². The molecule has 16 heavy (non-hydrogen) atoms. The molecule has 3 nitrogen and oxygen atoms in total. The van der Waals surface area contributed by atoms with E-state index >= 15 is 0 Å². The van der Waals surface area contributed by atoms with Gasteiger partial charge in [0.1, 0.15) is 5.82 Å². The summed E-state index contributed by atoms with van der Waals surface area (Å²) in [4.78, 5) is 11.6. The van der Waals surface area contributed by atoms with Crippen LogP contribution in [0.1, 0.15) is 17.3 Å². The smallest absolute Gasteiger partial charge is 0.255 e. The van der Waals surface area contributed by atoms with Gasteiger partial charge in [-0.1, -0.05) is 6.07 Å². The average molecular weight is 312 g/mol. The molecule has 0 bridgehead atoms. The molecule has 0 aliphatic rings. The normalized spacial score (nSPS) is 11.5. The summed E-state index contributed by atoms with van der Waals surface area (Å²) in [7, 11) is 0. The second-order valence-electron chi connectivity index (χ2n) is 3.21. The first-order chi connectivity index (χ1) is 7.06. The lowest BCUT2D eigenvalue weighted by Crippen LogP contribution is -2.38. The van der Waals surface area contributed by atoms with Gasteiger partial charge in [-0.3, -0.25) is 4.79 Å². The Morgan fingerprint density at radius 1 is 1.62 bits per heavy atom. The summed E-state index contributed by atoms with van der Waals surface area (Å²) < 4.78 is 13.8. The Morgan fingerprint density at radius 2 is 2.25 bits per heavy atom. The lowest BCUT2D eigenvalue weighted by Gasteiger charge is -2.12. The molecule has 1 aromatic carbocycles. The molecule has 0 saturated carbocycles. The Kier molecular flexibility index (Phi) is 6.55. The van der Waals surface area contributed by atoms with Crippen molar-refractivity contribution in [2.24, 2.45) is 5.73 Å². The van der Waals surface area contributed by atoms with Gasteiger partial charge in [0.25, 0.3) is 5.91 Å². The SMILES string of the molecule is C[C@H](CN)NC(=O)c1c(F)cccc1Br.Cl. The molecule has 0 unspecified atom stereocenters. The van der Waals surface area contributed by atoms with E-state index in [0.717, 1.165) is 0 Å². The summed E-state index contributed by atoms with van der Waals surface area (Å²) >= 11 is 3.13. The molecule has 3 N–H and O–H groups in total. The molecule has 1 amide bonds. The number of nitrogens with two attached hydrogens (primary N) is 1. The molecule has 0 heterocycles. The highest BCUT2D eigenvalue weighted by atomic mass is 79.9. The standard InChI is InChI=1S/C10H12BrFN2O.ClH/c1-6(5-13)14-10(15)9-7(11)3-2-4-8(9)12;/h2-4,6H,5,13H2,1H3,(H,14,15);1H/t6-;/m1./s1. The molecule has 0 spiro atoms. The third kappa shape index (κ3) is 3.73. The highest BCUT2D eigenvalue weighted by Crippen LogP contribution is 2.19. The van der Waals surface area contributed by atoms with Crippen LogP contribution >= 0.6 is 28.3 Å². The number of amides is 1. The Hall–Kier alpha value is -0.650. The number of hydrogen-bond donors (Lipinski definition) is 2. The quantitative estimate of drug-likeness (QED) is 0.898. The predicted octanol–water partition coefficient (Wildman–Crippen LogP) is 2.09. The minimum absolute atomic E-state index is 0. The van der Waals surface area contributed by atoms with Crippen molar-refractivity contribution in [2.45, 2.75) is 13.0 Å². The monoisotopic (exact) mass is 310 g/mol. The number of benzene rings is 1. The van der Waals surface area contributed by atoms with Crippen LogP contribution in [0.5, 0.6) is 0 Å². The summed E-state index contributed by atoms with van der Waals surface area (Å²) in [6.07, 6.45) is 0. The van der Waals surface area contributed by atoms with E-state index in [0.29, 0.717) is 11.0 Å². The number of hydrogen-bond acceptors (Lipinski definition) is 2. The van der Waals surface area contributed by atoms with Crippen LogP contribution in [0.2, 0.25) is 0 Å². The van der Waals surface area contributed by atoms with Crippen molar-refractivity contribution in [3.05, 3.63) is 34.1 Å². The Bertz CT molecular complexity index is 356. The second-order valence-corrected chi connectivity index (χ2v) is 4.06. The molecule has 0 radical (unpaired) electrons. The van der Waals surface area contributed by atoms with Crippen LogP contribution in [0, 0.1) is 5.82 Å². The highest BCUT2D eigenvalue weighted by Gasteiger charge is 2.16. The second kappa shape index (κ2) is 6.83. The zero-order valence-corrected chi connectivity index (χ0v) is 11.1. The van der Waals surface area contributed by atoms with Gasteiger partial charge in [-0.05, 0) is 35.0 Å². The minimum Gasteiger partial charge on any atom is -0.348 e. The minimum atomic E-state index is -0.550. The molecule has 1 aromatic rings. The summed E-state index contributed by atoms with van der Waals surface area (Å²) in [5, 5.41) is 2.59. The van der Waals surface area contributed by atoms with E-state index in [2.05, 4.69) is 21.2 Å². The summed E-state index contributed by atoms with van der Waals surface area (Å²) in [6, 6.07) is 4.21. The lowest BCUT2D eigenvalue weighted by molar-refractivity contribution is 0.0936. The fraction of sp³-hybridized carbons (Fsp3) is 0.300. The zero-order valence-electron chi connectivity index (χ0n) is 8.67. The molecule has 0 saturated heterocycles. The van der Waals surface area contributed by atoms with Crippen LogP contribution in [0.3, 0.4) is 0 Å². The molecule has 0 aliphatic heterocycles. The maximum Gasteiger partial charge on any atom is 0.255 e.